The van der Waals surface area contributed by atoms with E-state index in [-0.39, 0.29) is 47.2 Å². The van der Waals surface area contributed by atoms with E-state index in [1.165, 1.54) is 14.2 Å². The molecule has 4 N–H and O–H groups in total. The van der Waals surface area contributed by atoms with E-state index in [0.717, 1.165) is 118 Å². The van der Waals surface area contributed by atoms with Crippen LogP contribution < -0.4 is 10.6 Å². The number of fused-ring (bicyclic) bond motifs is 7. The molecular formula is C52H62N8O7. The van der Waals surface area contributed by atoms with Gasteiger partial charge in [0.1, 0.15) is 23.7 Å². The van der Waals surface area contributed by atoms with Crippen LogP contribution in [0.5, 0.6) is 0 Å². The first kappa shape index (κ1) is 44.6. The van der Waals surface area contributed by atoms with Gasteiger partial charge in [0, 0.05) is 35.4 Å². The first-order valence-electron chi connectivity index (χ1n) is 24.1. The first-order valence-corrected chi connectivity index (χ1v) is 24.1. The molecule has 352 valence electrons. The highest BCUT2D eigenvalue weighted by molar-refractivity contribution is 6.07. The summed E-state index contributed by atoms with van der Waals surface area (Å²) in [7, 11) is 2.63. The first-order chi connectivity index (χ1) is 32.3. The van der Waals surface area contributed by atoms with Crippen LogP contribution in [-0.4, -0.2) is 106 Å². The third kappa shape index (κ3) is 8.12. The minimum absolute atomic E-state index is 0.0831. The number of likely N-dealkylation sites (tertiary alicyclic amines) is 2. The number of hydrogen-bond donors (Lipinski definition) is 4. The summed E-state index contributed by atoms with van der Waals surface area (Å²) in [5.74, 6) is 1.38. The zero-order valence-electron chi connectivity index (χ0n) is 39.3. The second kappa shape index (κ2) is 17.8. The van der Waals surface area contributed by atoms with Gasteiger partial charge in [-0.1, -0.05) is 76.9 Å². The molecule has 10 rings (SSSR count). The van der Waals surface area contributed by atoms with Crippen LogP contribution in [-0.2, 0) is 23.8 Å². The van der Waals surface area contributed by atoms with Crippen molar-refractivity contribution in [2.75, 3.05) is 34.0 Å². The third-order valence-corrected chi connectivity index (χ3v) is 15.3. The van der Waals surface area contributed by atoms with E-state index in [9.17, 15) is 19.2 Å². The Bertz CT molecular complexity index is 2880. The van der Waals surface area contributed by atoms with Crippen molar-refractivity contribution >= 4 is 67.6 Å². The summed E-state index contributed by atoms with van der Waals surface area (Å²) in [5, 5.41) is 9.75. The van der Waals surface area contributed by atoms with Crippen molar-refractivity contribution in [1.29, 1.82) is 0 Å². The Labute approximate surface area is 390 Å². The molecule has 15 nitrogen and oxygen atoms in total. The Morgan fingerprint density at radius 1 is 0.731 bits per heavy atom. The molecule has 4 aromatic carbocycles. The van der Waals surface area contributed by atoms with E-state index in [0.29, 0.717) is 25.5 Å². The highest BCUT2D eigenvalue weighted by Gasteiger charge is 2.51. The molecule has 67 heavy (non-hydrogen) atoms. The van der Waals surface area contributed by atoms with Gasteiger partial charge in [0.2, 0.25) is 11.8 Å². The highest BCUT2D eigenvalue weighted by atomic mass is 16.5. The van der Waals surface area contributed by atoms with E-state index in [2.05, 4.69) is 81.3 Å². The van der Waals surface area contributed by atoms with Gasteiger partial charge in [0.15, 0.2) is 0 Å². The summed E-state index contributed by atoms with van der Waals surface area (Å²) < 4.78 is 15.8. The van der Waals surface area contributed by atoms with Gasteiger partial charge in [-0.3, -0.25) is 9.59 Å². The topological polar surface area (TPSA) is 184 Å². The number of carbonyl (C=O) groups is 4. The summed E-state index contributed by atoms with van der Waals surface area (Å²) in [6, 6.07) is 19.4. The fourth-order valence-electron chi connectivity index (χ4n) is 11.8. The molecule has 4 amide bonds. The SMILES string of the molecule is COC(=O)N[C@H](C(=O)N1C[C@]2(CCCOC2)C[C@H]1c1nc2c(ccc3cc(-c4ccc5c(ccc6[nH]c([C@@H]7C[C@@H]8CCCC[C@@H]8N7C(=O)[C@@H](NC(=O)OC)C(C)C)nc65)c4)ccc32)[nH]1)C(C)C. The molecule has 1 saturated carbocycles. The smallest absolute Gasteiger partial charge is 0.407 e. The number of alkyl carbamates (subject to hydrolysis) is 2. The molecule has 1 aliphatic carbocycles. The molecule has 0 bridgehead atoms. The number of methoxy groups -OCH3 is 2. The summed E-state index contributed by atoms with van der Waals surface area (Å²) in [5.41, 5.74) is 5.48. The van der Waals surface area contributed by atoms with Crippen molar-refractivity contribution in [3.8, 4) is 11.1 Å². The fraction of sp³-hybridized carbons (Fsp3) is 0.500. The van der Waals surface area contributed by atoms with Gasteiger partial charge < -0.3 is 44.6 Å². The monoisotopic (exact) mass is 910 g/mol. The number of nitrogens with zero attached hydrogens (tertiary/aromatic N) is 4. The number of imidazole rings is 2. The lowest BCUT2D eigenvalue weighted by molar-refractivity contribution is -0.138. The van der Waals surface area contributed by atoms with E-state index in [4.69, 9.17) is 24.2 Å². The number of nitrogens with one attached hydrogen (secondary N) is 4. The number of ether oxygens (including phenoxy) is 3. The Hall–Kier alpha value is -6.22. The Morgan fingerprint density at radius 3 is 1.85 bits per heavy atom. The molecule has 5 heterocycles. The van der Waals surface area contributed by atoms with Gasteiger partial charge in [-0.15, -0.1) is 0 Å². The third-order valence-electron chi connectivity index (χ3n) is 15.3. The van der Waals surface area contributed by atoms with Crippen LogP contribution in [0.1, 0.15) is 103 Å². The number of H-pyrrole nitrogens is 2. The van der Waals surface area contributed by atoms with E-state index < -0.39 is 24.3 Å². The van der Waals surface area contributed by atoms with Gasteiger partial charge in [-0.2, -0.15) is 0 Å². The molecule has 0 radical (unpaired) electrons. The van der Waals surface area contributed by atoms with Crippen LogP contribution in [0.25, 0.3) is 54.7 Å². The van der Waals surface area contributed by atoms with Gasteiger partial charge >= 0.3 is 12.2 Å². The molecule has 3 aliphatic heterocycles. The van der Waals surface area contributed by atoms with Gasteiger partial charge in [0.05, 0.1) is 55.0 Å². The van der Waals surface area contributed by atoms with Crippen molar-refractivity contribution in [3.63, 3.8) is 0 Å². The van der Waals surface area contributed by atoms with Crippen molar-refractivity contribution in [2.24, 2.45) is 23.2 Å². The molecule has 2 aromatic heterocycles. The average Bonchev–Trinajstić information content (AvgIpc) is 4.14. The van der Waals surface area contributed by atoms with Crippen LogP contribution in [0.3, 0.4) is 0 Å². The number of hydrogen-bond acceptors (Lipinski definition) is 9. The minimum Gasteiger partial charge on any atom is -0.453 e. The predicted molar refractivity (Wildman–Crippen MR) is 256 cm³/mol. The lowest BCUT2D eigenvalue weighted by atomic mass is 9.80. The second-order valence-electron chi connectivity index (χ2n) is 20.2. The maximum atomic E-state index is 14.4. The van der Waals surface area contributed by atoms with Gasteiger partial charge in [0.25, 0.3) is 0 Å². The standard InChI is InChI=1S/C52H62N8O7/c1-28(2)42(57-50(63)65-5)48(61)59-26-52(20-9-21-67-27-52)25-41(59)47-54-38-19-15-33-23-31(13-17-36(33)45(38)56-47)30-12-16-35-32(22-30)14-18-37-44(35)55-46(53-37)40-24-34-10-7-8-11-39(34)60(40)49(62)43(29(3)4)58-51(64)66-6/h12-19,22-23,28-29,34,39-43H,7-11,20-21,24-27H2,1-6H3,(H,53,55)(H,54,56)(H,57,63)(H,58,64)/t34-,39-,40-,41-,42-,43-,52-/m0/s1. The van der Waals surface area contributed by atoms with Crippen molar-refractivity contribution in [3.05, 3.63) is 72.3 Å². The fourth-order valence-corrected chi connectivity index (χ4v) is 11.8. The molecule has 7 atom stereocenters. The highest BCUT2D eigenvalue weighted by Crippen LogP contribution is 2.49. The van der Waals surface area contributed by atoms with Crippen LogP contribution in [0.2, 0.25) is 0 Å². The Morgan fingerprint density at radius 2 is 1.30 bits per heavy atom. The van der Waals surface area contributed by atoms with Gasteiger partial charge in [-0.05, 0) is 102 Å². The molecule has 0 unspecified atom stereocenters. The lowest BCUT2D eigenvalue weighted by Gasteiger charge is -2.36. The molecule has 15 heteroatoms. The van der Waals surface area contributed by atoms with Crippen molar-refractivity contribution < 1.29 is 33.4 Å². The average molecular weight is 911 g/mol. The van der Waals surface area contributed by atoms with Crippen molar-refractivity contribution in [1.82, 2.24) is 40.4 Å². The lowest BCUT2D eigenvalue weighted by Crippen LogP contribution is -2.53. The van der Waals surface area contributed by atoms with Crippen molar-refractivity contribution in [2.45, 2.75) is 109 Å². The number of carbonyl (C=O) groups excluding carboxylic acids is 4. The largest absolute Gasteiger partial charge is 0.453 e. The number of aromatic nitrogens is 4. The van der Waals surface area contributed by atoms with Gasteiger partial charge in [-0.25, -0.2) is 19.6 Å². The number of amides is 4. The molecule has 4 fully saturated rings. The minimum atomic E-state index is -0.748. The predicted octanol–water partition coefficient (Wildman–Crippen LogP) is 9.08. The molecule has 3 saturated heterocycles. The van der Waals surface area contributed by atoms with Crippen LogP contribution in [0.15, 0.2) is 60.7 Å². The van der Waals surface area contributed by atoms with Crippen LogP contribution in [0.4, 0.5) is 9.59 Å². The zero-order valence-corrected chi connectivity index (χ0v) is 39.3. The maximum Gasteiger partial charge on any atom is 0.407 e. The molecule has 6 aromatic rings. The second-order valence-corrected chi connectivity index (χ2v) is 20.2. The van der Waals surface area contributed by atoms with Crippen LogP contribution >= 0.6 is 0 Å². The molecule has 4 aliphatic rings. The molecular weight excluding hydrogens is 849 g/mol. The summed E-state index contributed by atoms with van der Waals surface area (Å²) in [6.07, 6.45) is 6.45. The zero-order chi connectivity index (χ0) is 46.7. The van der Waals surface area contributed by atoms with E-state index in [1.807, 2.05) is 37.5 Å². The number of aromatic amines is 2. The quantitative estimate of drug-likeness (QED) is 0.110. The number of benzene rings is 4. The molecule has 1 spiro atoms. The summed E-state index contributed by atoms with van der Waals surface area (Å²) >= 11 is 0. The van der Waals surface area contributed by atoms with E-state index >= 15 is 0 Å². The number of rotatable bonds is 9. The summed E-state index contributed by atoms with van der Waals surface area (Å²) in [4.78, 5) is 75.1. The van der Waals surface area contributed by atoms with E-state index in [1.54, 1.807) is 0 Å². The van der Waals surface area contributed by atoms with Crippen LogP contribution in [0, 0.1) is 23.2 Å². The normalized spacial score (nSPS) is 23.9. The Balaban J connectivity index is 0.942. The Kier molecular flexibility index (Phi) is 11.8. The summed E-state index contributed by atoms with van der Waals surface area (Å²) in [6.45, 7) is 9.58. The maximum absolute atomic E-state index is 14.4.